The summed E-state index contributed by atoms with van der Waals surface area (Å²) in [4.78, 5) is 25.6. The van der Waals surface area contributed by atoms with Crippen LogP contribution in [0, 0.1) is 0 Å². The lowest BCUT2D eigenvalue weighted by Crippen LogP contribution is -2.30. The van der Waals surface area contributed by atoms with Gasteiger partial charge < -0.3 is 14.2 Å². The summed E-state index contributed by atoms with van der Waals surface area (Å²) in [6.45, 7) is 7.72. The Labute approximate surface area is 436 Å². The summed E-state index contributed by atoms with van der Waals surface area (Å²) in [6, 6.07) is 0. The molecule has 0 amide bonds. The van der Waals surface area contributed by atoms with E-state index in [1.807, 2.05) is 0 Å². The molecule has 0 radical (unpaired) electrons. The van der Waals surface area contributed by atoms with Gasteiger partial charge in [0, 0.05) is 19.4 Å². The van der Waals surface area contributed by atoms with Crippen LogP contribution >= 0.6 is 0 Å². The molecule has 1 atom stereocenters. The average Bonchev–Trinajstić information content (AvgIpc) is 3.36. The molecule has 0 saturated heterocycles. The van der Waals surface area contributed by atoms with Gasteiger partial charge >= 0.3 is 11.9 Å². The molecule has 5 heteroatoms. The highest BCUT2D eigenvalue weighted by Crippen LogP contribution is 2.17. The fraction of sp³-hybridized carbons (Fsp3) is 0.815. The van der Waals surface area contributed by atoms with Crippen LogP contribution < -0.4 is 0 Å². The second kappa shape index (κ2) is 60.9. The molecule has 0 aromatic heterocycles. The zero-order valence-corrected chi connectivity index (χ0v) is 47.0. The third-order valence-corrected chi connectivity index (χ3v) is 13.5. The number of unbranched alkanes of at least 4 members (excludes halogenated alkanes) is 36. The minimum Gasteiger partial charge on any atom is -0.462 e. The van der Waals surface area contributed by atoms with Crippen LogP contribution in [0.15, 0.2) is 60.8 Å². The third kappa shape index (κ3) is 58.2. The Morgan fingerprint density at radius 2 is 0.643 bits per heavy atom. The minimum absolute atomic E-state index is 0.0701. The number of allylic oxidation sites excluding steroid dienone is 10. The molecule has 0 fully saturated rings. The Morgan fingerprint density at radius 1 is 0.329 bits per heavy atom. The van der Waals surface area contributed by atoms with E-state index in [0.717, 1.165) is 70.6 Å². The van der Waals surface area contributed by atoms with Gasteiger partial charge in [-0.2, -0.15) is 0 Å². The van der Waals surface area contributed by atoms with Gasteiger partial charge in [0.05, 0.1) is 6.61 Å². The van der Waals surface area contributed by atoms with Gasteiger partial charge in [-0.3, -0.25) is 9.59 Å². The molecular weight excluding hydrogens is 861 g/mol. The summed E-state index contributed by atoms with van der Waals surface area (Å²) in [5, 5.41) is 0. The van der Waals surface area contributed by atoms with Crippen molar-refractivity contribution in [1.82, 2.24) is 0 Å². The molecule has 0 aliphatic carbocycles. The lowest BCUT2D eigenvalue weighted by atomic mass is 10.0. The highest BCUT2D eigenvalue weighted by atomic mass is 16.6. The smallest absolute Gasteiger partial charge is 0.306 e. The summed E-state index contributed by atoms with van der Waals surface area (Å²) in [6.07, 6.45) is 78.3. The quantitative estimate of drug-likeness (QED) is 0.0345. The van der Waals surface area contributed by atoms with Crippen LogP contribution in [0.25, 0.3) is 0 Å². The number of ether oxygens (including phenoxy) is 3. The zero-order chi connectivity index (χ0) is 50.6. The highest BCUT2D eigenvalue weighted by Gasteiger charge is 2.17. The van der Waals surface area contributed by atoms with Crippen molar-refractivity contribution in [2.45, 2.75) is 322 Å². The van der Waals surface area contributed by atoms with E-state index >= 15 is 0 Å². The topological polar surface area (TPSA) is 61.8 Å². The number of carbonyl (C=O) groups is 2. The maximum Gasteiger partial charge on any atom is 0.306 e. The molecule has 0 saturated carbocycles. The van der Waals surface area contributed by atoms with Crippen molar-refractivity contribution in [2.75, 3.05) is 19.8 Å². The van der Waals surface area contributed by atoms with Gasteiger partial charge in [0.1, 0.15) is 6.61 Å². The van der Waals surface area contributed by atoms with E-state index in [9.17, 15) is 9.59 Å². The molecule has 1 unspecified atom stereocenters. The minimum atomic E-state index is -0.558. The number of hydrogen-bond acceptors (Lipinski definition) is 5. The Bertz CT molecular complexity index is 1200. The average molecular weight is 980 g/mol. The highest BCUT2D eigenvalue weighted by molar-refractivity contribution is 5.70. The molecule has 0 bridgehead atoms. The van der Waals surface area contributed by atoms with Crippen LogP contribution in [0.3, 0.4) is 0 Å². The van der Waals surface area contributed by atoms with Crippen molar-refractivity contribution in [1.29, 1.82) is 0 Å². The Morgan fingerprint density at radius 3 is 1.07 bits per heavy atom. The standard InChI is InChI=1S/C65H118O5/c1-4-7-10-13-16-19-22-25-28-30-32-34-36-39-42-45-48-51-54-57-60-68-61-63(70-65(67)59-56-53-50-47-44-41-37-27-24-21-18-15-12-9-6-3)62-69-64(66)58-55-52-49-46-43-40-38-35-33-31-29-26-23-20-17-14-11-8-5-2/h9,12,18,21,26-27,29,37,44,47,63H,4-8,10-11,13-17,19-20,22-25,28,30-36,38-43,45-46,48-62H2,1-3H3/b12-9-,21-18-,29-26-,37-27-,47-44-. The maximum absolute atomic E-state index is 12.9. The van der Waals surface area contributed by atoms with Gasteiger partial charge in [0.15, 0.2) is 6.10 Å². The zero-order valence-electron chi connectivity index (χ0n) is 47.0. The Kier molecular flexibility index (Phi) is 58.8. The summed E-state index contributed by atoms with van der Waals surface area (Å²) >= 11 is 0. The molecule has 408 valence electrons. The van der Waals surface area contributed by atoms with Crippen molar-refractivity contribution in [3.8, 4) is 0 Å². The molecular formula is C65H118O5. The normalized spacial score (nSPS) is 12.6. The van der Waals surface area contributed by atoms with Gasteiger partial charge in [-0.1, -0.05) is 281 Å². The van der Waals surface area contributed by atoms with Crippen LogP contribution in [0.2, 0.25) is 0 Å². The Balaban J connectivity index is 4.26. The summed E-state index contributed by atoms with van der Waals surface area (Å²) < 4.78 is 17.5. The number of esters is 2. The van der Waals surface area contributed by atoms with E-state index in [2.05, 4.69) is 81.5 Å². The van der Waals surface area contributed by atoms with Gasteiger partial charge in [-0.05, 0) is 83.5 Å². The van der Waals surface area contributed by atoms with E-state index in [0.29, 0.717) is 19.4 Å². The maximum atomic E-state index is 12.9. The summed E-state index contributed by atoms with van der Waals surface area (Å²) in [5.74, 6) is -0.432. The first-order valence-corrected chi connectivity index (χ1v) is 30.8. The number of hydrogen-bond donors (Lipinski definition) is 0. The van der Waals surface area contributed by atoms with Crippen LogP contribution in [0.5, 0.6) is 0 Å². The Hall–Kier alpha value is -2.40. The van der Waals surface area contributed by atoms with Crippen LogP contribution in [0.4, 0.5) is 0 Å². The van der Waals surface area contributed by atoms with Gasteiger partial charge in [0.25, 0.3) is 0 Å². The van der Waals surface area contributed by atoms with Crippen molar-refractivity contribution < 1.29 is 23.8 Å². The first-order chi connectivity index (χ1) is 34.6. The lowest BCUT2D eigenvalue weighted by molar-refractivity contribution is -0.163. The summed E-state index contributed by atoms with van der Waals surface area (Å²) in [5.41, 5.74) is 0. The van der Waals surface area contributed by atoms with Crippen LogP contribution in [-0.4, -0.2) is 37.9 Å². The molecule has 0 aromatic rings. The fourth-order valence-electron chi connectivity index (χ4n) is 8.97. The van der Waals surface area contributed by atoms with E-state index in [4.69, 9.17) is 14.2 Å². The largest absolute Gasteiger partial charge is 0.462 e. The second-order valence-corrected chi connectivity index (χ2v) is 20.6. The summed E-state index contributed by atoms with van der Waals surface area (Å²) in [7, 11) is 0. The molecule has 0 spiro atoms. The first kappa shape index (κ1) is 67.6. The molecule has 0 rings (SSSR count). The van der Waals surface area contributed by atoms with Gasteiger partial charge in [-0.25, -0.2) is 0 Å². The van der Waals surface area contributed by atoms with E-state index in [-0.39, 0.29) is 25.2 Å². The second-order valence-electron chi connectivity index (χ2n) is 20.6. The van der Waals surface area contributed by atoms with E-state index in [1.54, 1.807) is 0 Å². The van der Waals surface area contributed by atoms with E-state index in [1.165, 1.54) is 212 Å². The van der Waals surface area contributed by atoms with Crippen molar-refractivity contribution in [2.24, 2.45) is 0 Å². The number of carbonyl (C=O) groups excluding carboxylic acids is 2. The van der Waals surface area contributed by atoms with Crippen LogP contribution in [0.1, 0.15) is 316 Å². The monoisotopic (exact) mass is 979 g/mol. The molecule has 0 N–H and O–H groups in total. The molecule has 0 aromatic carbocycles. The first-order valence-electron chi connectivity index (χ1n) is 30.8. The van der Waals surface area contributed by atoms with Crippen LogP contribution in [-0.2, 0) is 23.8 Å². The van der Waals surface area contributed by atoms with Gasteiger partial charge in [-0.15, -0.1) is 0 Å². The van der Waals surface area contributed by atoms with E-state index < -0.39 is 6.10 Å². The van der Waals surface area contributed by atoms with Crippen molar-refractivity contribution >= 4 is 11.9 Å². The SMILES string of the molecule is CC/C=C\C/C=C\C/C=C\C/C=C\CCCCC(=O)OC(COCCCCCCCCCCCCCCCCCCCCCC)COC(=O)CCCCCCCCCCC/C=C\CCCCCCCC. The molecule has 0 aliphatic heterocycles. The van der Waals surface area contributed by atoms with Crippen molar-refractivity contribution in [3.05, 3.63) is 60.8 Å². The molecule has 0 aliphatic rings. The van der Waals surface area contributed by atoms with Gasteiger partial charge in [0.2, 0.25) is 0 Å². The molecule has 5 nitrogen and oxygen atoms in total. The molecule has 0 heterocycles. The number of rotatable bonds is 57. The lowest BCUT2D eigenvalue weighted by Gasteiger charge is -2.18. The van der Waals surface area contributed by atoms with Crippen molar-refractivity contribution in [3.63, 3.8) is 0 Å². The molecule has 70 heavy (non-hydrogen) atoms. The predicted molar refractivity (Wildman–Crippen MR) is 307 cm³/mol. The fourth-order valence-corrected chi connectivity index (χ4v) is 8.97. The predicted octanol–water partition coefficient (Wildman–Crippen LogP) is 21.2. The third-order valence-electron chi connectivity index (χ3n) is 13.5.